The summed E-state index contributed by atoms with van der Waals surface area (Å²) < 4.78 is 7.45. The van der Waals surface area contributed by atoms with Crippen LogP contribution in [0.2, 0.25) is 0 Å². The first kappa shape index (κ1) is 22.4. The number of carbonyl (C=O) groups excluding carboxylic acids is 1. The summed E-state index contributed by atoms with van der Waals surface area (Å²) in [4.78, 5) is 34.3. The first-order valence-corrected chi connectivity index (χ1v) is 11.0. The van der Waals surface area contributed by atoms with Crippen LogP contribution in [0.25, 0.3) is 22.3 Å². The third-order valence-corrected chi connectivity index (χ3v) is 5.70. The van der Waals surface area contributed by atoms with Crippen LogP contribution in [0.4, 0.5) is 0 Å². The van der Waals surface area contributed by atoms with Crippen molar-refractivity contribution in [3.63, 3.8) is 0 Å². The molecule has 1 amide bonds. The lowest BCUT2D eigenvalue weighted by Crippen LogP contribution is -2.32. The zero-order valence-corrected chi connectivity index (χ0v) is 19.2. The molecule has 10 heteroatoms. The van der Waals surface area contributed by atoms with E-state index in [1.807, 2.05) is 37.3 Å². The molecular formula is C23H24N6O3S. The van der Waals surface area contributed by atoms with Crippen molar-refractivity contribution in [3.8, 4) is 17.1 Å². The maximum Gasteiger partial charge on any atom is 0.258 e. The van der Waals surface area contributed by atoms with Crippen molar-refractivity contribution in [2.45, 2.75) is 26.4 Å². The molecule has 0 saturated carbocycles. The summed E-state index contributed by atoms with van der Waals surface area (Å²) in [6.45, 7) is 2.96. The fraction of sp³-hybridized carbons (Fsp3) is 0.261. The molecule has 0 unspecified atom stereocenters. The maximum absolute atomic E-state index is 13.0. The predicted octanol–water partition coefficient (Wildman–Crippen LogP) is 3.29. The average molecular weight is 465 g/mol. The number of aromatic nitrogens is 5. The van der Waals surface area contributed by atoms with E-state index in [0.29, 0.717) is 40.4 Å². The average Bonchev–Trinajstić information content (AvgIpc) is 3.21. The number of amides is 1. The van der Waals surface area contributed by atoms with E-state index in [9.17, 15) is 9.59 Å². The second-order valence-corrected chi connectivity index (χ2v) is 7.81. The van der Waals surface area contributed by atoms with Gasteiger partial charge in [-0.25, -0.2) is 4.98 Å². The van der Waals surface area contributed by atoms with Crippen molar-refractivity contribution in [1.29, 1.82) is 0 Å². The summed E-state index contributed by atoms with van der Waals surface area (Å²) in [5.74, 6) is 1.78. The molecule has 0 saturated heterocycles. The van der Waals surface area contributed by atoms with Gasteiger partial charge in [0.2, 0.25) is 5.91 Å². The number of benzene rings is 2. The van der Waals surface area contributed by atoms with Gasteiger partial charge in [-0.3, -0.25) is 19.3 Å². The molecule has 0 aliphatic rings. The number of nitrogens with zero attached hydrogens (tertiary/aromatic N) is 4. The Morgan fingerprint density at radius 2 is 1.94 bits per heavy atom. The lowest BCUT2D eigenvalue weighted by atomic mass is 10.2. The molecule has 4 aromatic rings. The van der Waals surface area contributed by atoms with Gasteiger partial charge in [0.1, 0.15) is 11.6 Å². The normalized spacial score (nSPS) is 11.0. The number of hydrogen-bond donors (Lipinski definition) is 2. The van der Waals surface area contributed by atoms with E-state index < -0.39 is 0 Å². The summed E-state index contributed by atoms with van der Waals surface area (Å²) in [6.07, 6.45) is 0.225. The van der Waals surface area contributed by atoms with Crippen molar-refractivity contribution < 1.29 is 9.53 Å². The smallest absolute Gasteiger partial charge is 0.258 e. The quantitative estimate of drug-likeness (QED) is 0.387. The lowest BCUT2D eigenvalue weighted by Gasteiger charge is -2.20. The van der Waals surface area contributed by atoms with Gasteiger partial charge in [0.15, 0.2) is 10.6 Å². The second kappa shape index (κ2) is 9.78. The standard InChI is InChI=1S/C23H24N6O3S/c1-3-28(14-19-24-18-7-5-4-6-17(18)22(31)25-19)20(30)12-13-29-21(26-27-23(29)33)15-8-10-16(32-2)11-9-15/h4-11H,3,12-14H2,1-2H3,(H,27,33)(H,24,25,31). The summed E-state index contributed by atoms with van der Waals surface area (Å²) in [6, 6.07) is 14.6. The van der Waals surface area contributed by atoms with E-state index in [1.54, 1.807) is 34.8 Å². The van der Waals surface area contributed by atoms with Crippen LogP contribution in [0.15, 0.2) is 53.3 Å². The van der Waals surface area contributed by atoms with Gasteiger partial charge < -0.3 is 14.6 Å². The Balaban J connectivity index is 1.48. The highest BCUT2D eigenvalue weighted by Crippen LogP contribution is 2.21. The summed E-state index contributed by atoms with van der Waals surface area (Å²) in [5.41, 5.74) is 1.25. The van der Waals surface area contributed by atoms with E-state index in [0.717, 1.165) is 11.3 Å². The molecular weight excluding hydrogens is 440 g/mol. The van der Waals surface area contributed by atoms with Gasteiger partial charge in [0.25, 0.3) is 5.56 Å². The number of nitrogens with one attached hydrogen (secondary N) is 2. The number of methoxy groups -OCH3 is 1. The Kier molecular flexibility index (Phi) is 6.64. The van der Waals surface area contributed by atoms with Gasteiger partial charge in [-0.2, -0.15) is 5.10 Å². The summed E-state index contributed by atoms with van der Waals surface area (Å²) in [5, 5.41) is 7.65. The molecule has 0 bridgehead atoms. The van der Waals surface area contributed by atoms with Crippen LogP contribution >= 0.6 is 12.2 Å². The van der Waals surface area contributed by atoms with Crippen molar-refractivity contribution in [3.05, 3.63) is 69.5 Å². The van der Waals surface area contributed by atoms with Gasteiger partial charge >= 0.3 is 0 Å². The van der Waals surface area contributed by atoms with Crippen molar-refractivity contribution in [2.75, 3.05) is 13.7 Å². The minimum Gasteiger partial charge on any atom is -0.497 e. The van der Waals surface area contributed by atoms with Gasteiger partial charge in [0, 0.05) is 25.1 Å². The van der Waals surface area contributed by atoms with Gasteiger partial charge in [-0.1, -0.05) is 12.1 Å². The highest BCUT2D eigenvalue weighted by atomic mass is 32.1. The molecule has 0 spiro atoms. The first-order chi connectivity index (χ1) is 16.0. The third-order valence-electron chi connectivity index (χ3n) is 5.39. The zero-order valence-electron chi connectivity index (χ0n) is 18.4. The highest BCUT2D eigenvalue weighted by Gasteiger charge is 2.16. The van der Waals surface area contributed by atoms with Crippen LogP contribution in [0.5, 0.6) is 5.75 Å². The molecule has 0 aliphatic carbocycles. The Hall–Kier alpha value is -3.79. The molecule has 2 heterocycles. The summed E-state index contributed by atoms with van der Waals surface area (Å²) >= 11 is 5.38. The molecule has 2 aromatic heterocycles. The van der Waals surface area contributed by atoms with Crippen molar-refractivity contribution >= 4 is 29.0 Å². The van der Waals surface area contributed by atoms with Crippen molar-refractivity contribution in [2.24, 2.45) is 0 Å². The molecule has 9 nitrogen and oxygen atoms in total. The minimum absolute atomic E-state index is 0.0721. The zero-order chi connectivity index (χ0) is 23.4. The number of fused-ring (bicyclic) bond motifs is 1. The van der Waals surface area contributed by atoms with Crippen LogP contribution < -0.4 is 10.3 Å². The Labute approximate surface area is 195 Å². The molecule has 0 radical (unpaired) electrons. The molecule has 33 heavy (non-hydrogen) atoms. The fourth-order valence-corrected chi connectivity index (χ4v) is 3.84. The van der Waals surface area contributed by atoms with E-state index in [4.69, 9.17) is 17.0 Å². The monoisotopic (exact) mass is 464 g/mol. The number of hydrogen-bond acceptors (Lipinski definition) is 6. The fourth-order valence-electron chi connectivity index (χ4n) is 3.62. The maximum atomic E-state index is 13.0. The molecule has 0 atom stereocenters. The van der Waals surface area contributed by atoms with E-state index in [2.05, 4.69) is 20.2 Å². The molecule has 2 N–H and O–H groups in total. The second-order valence-electron chi connectivity index (χ2n) is 7.42. The van der Waals surface area contributed by atoms with Crippen LogP contribution in [0.1, 0.15) is 19.2 Å². The number of aromatic amines is 2. The molecule has 0 aliphatic heterocycles. The lowest BCUT2D eigenvalue weighted by molar-refractivity contribution is -0.131. The van der Waals surface area contributed by atoms with Gasteiger partial charge in [-0.05, 0) is 55.5 Å². The predicted molar refractivity (Wildman–Crippen MR) is 127 cm³/mol. The van der Waals surface area contributed by atoms with E-state index >= 15 is 0 Å². The molecule has 4 rings (SSSR count). The first-order valence-electron chi connectivity index (χ1n) is 10.6. The number of rotatable bonds is 8. The number of para-hydroxylation sites is 1. The van der Waals surface area contributed by atoms with Gasteiger partial charge in [-0.15, -0.1) is 0 Å². The van der Waals surface area contributed by atoms with E-state index in [-0.39, 0.29) is 24.4 Å². The Morgan fingerprint density at radius 1 is 1.18 bits per heavy atom. The number of carbonyl (C=O) groups is 1. The van der Waals surface area contributed by atoms with Crippen LogP contribution in [-0.4, -0.2) is 49.2 Å². The largest absolute Gasteiger partial charge is 0.497 e. The molecule has 2 aromatic carbocycles. The van der Waals surface area contributed by atoms with Crippen LogP contribution in [-0.2, 0) is 17.9 Å². The minimum atomic E-state index is -0.215. The topological polar surface area (TPSA) is 109 Å². The molecule has 170 valence electrons. The summed E-state index contributed by atoms with van der Waals surface area (Å²) in [7, 11) is 1.61. The van der Waals surface area contributed by atoms with Crippen LogP contribution in [0.3, 0.4) is 0 Å². The molecule has 0 fully saturated rings. The highest BCUT2D eigenvalue weighted by molar-refractivity contribution is 7.71. The Bertz CT molecular complexity index is 1390. The van der Waals surface area contributed by atoms with Crippen molar-refractivity contribution in [1.82, 2.24) is 29.6 Å². The van der Waals surface area contributed by atoms with Crippen LogP contribution in [0, 0.1) is 4.77 Å². The number of H-pyrrole nitrogens is 2. The Morgan fingerprint density at radius 3 is 2.67 bits per heavy atom. The van der Waals surface area contributed by atoms with Gasteiger partial charge in [0.05, 0.1) is 24.6 Å². The SMILES string of the molecule is CCN(Cc1nc2ccccc2c(=O)[nH]1)C(=O)CCn1c(-c2ccc(OC)cc2)n[nH]c1=S. The number of ether oxygens (including phenoxy) is 1. The third kappa shape index (κ3) is 4.85. The van der Waals surface area contributed by atoms with E-state index in [1.165, 1.54) is 0 Å².